The Morgan fingerprint density at radius 2 is 1.88 bits per heavy atom. The van der Waals surface area contributed by atoms with Crippen molar-refractivity contribution in [2.75, 3.05) is 0 Å². The van der Waals surface area contributed by atoms with E-state index in [2.05, 4.69) is 4.98 Å². The quantitative estimate of drug-likeness (QED) is 0.704. The van der Waals surface area contributed by atoms with Crippen molar-refractivity contribution >= 4 is 22.5 Å². The van der Waals surface area contributed by atoms with Gasteiger partial charge in [0, 0.05) is 22.1 Å². The van der Waals surface area contributed by atoms with Crippen LogP contribution in [0.4, 0.5) is 13.2 Å². The van der Waals surface area contributed by atoms with E-state index in [1.165, 1.54) is 19.1 Å². The largest absolute Gasteiger partial charge is 0.315 e. The zero-order valence-electron chi connectivity index (χ0n) is 13.0. The first-order chi connectivity index (χ1) is 11.9. The van der Waals surface area contributed by atoms with E-state index >= 15 is 0 Å². The Labute approximate surface area is 145 Å². The smallest absolute Gasteiger partial charge is 0.267 e. The zero-order valence-corrected chi connectivity index (χ0v) is 13.8. The minimum atomic E-state index is -0.611. The average Bonchev–Trinajstić information content (AvgIpc) is 2.57. The predicted octanol–water partition coefficient (Wildman–Crippen LogP) is 4.42. The Hall–Kier alpha value is -2.72. The normalized spacial score (nSPS) is 10.8. The van der Waals surface area contributed by atoms with E-state index in [4.69, 9.17) is 5.26 Å². The zero-order chi connectivity index (χ0) is 18.1. The molecule has 0 aliphatic carbocycles. The highest BCUT2D eigenvalue weighted by atomic mass is 32.2. The topological polar surface area (TPSA) is 56.6 Å². The maximum absolute atomic E-state index is 14.0. The van der Waals surface area contributed by atoms with E-state index in [9.17, 15) is 18.0 Å². The SMILES string of the molecule is Cc1cc(F)c(CSc2[nH]c(=O)c(C#N)c3ccc(F)cc23)cc1F. The molecule has 2 aromatic carbocycles. The van der Waals surface area contributed by atoms with Crippen LogP contribution >= 0.6 is 11.8 Å². The van der Waals surface area contributed by atoms with Crippen LogP contribution < -0.4 is 5.56 Å². The van der Waals surface area contributed by atoms with Crippen molar-refractivity contribution in [3.63, 3.8) is 0 Å². The highest BCUT2D eigenvalue weighted by Gasteiger charge is 2.14. The van der Waals surface area contributed by atoms with E-state index in [1.54, 1.807) is 6.07 Å². The summed E-state index contributed by atoms with van der Waals surface area (Å²) in [7, 11) is 0. The number of aromatic nitrogens is 1. The van der Waals surface area contributed by atoms with Crippen molar-refractivity contribution in [3.8, 4) is 6.07 Å². The second-order valence-corrected chi connectivity index (χ2v) is 6.43. The number of nitrogens with zero attached hydrogens (tertiary/aromatic N) is 1. The lowest BCUT2D eigenvalue weighted by molar-refractivity contribution is 0.584. The van der Waals surface area contributed by atoms with E-state index in [-0.39, 0.29) is 22.4 Å². The molecule has 0 aliphatic heterocycles. The summed E-state index contributed by atoms with van der Waals surface area (Å²) < 4.78 is 41.2. The van der Waals surface area contributed by atoms with Crippen LogP contribution in [-0.2, 0) is 5.75 Å². The second-order valence-electron chi connectivity index (χ2n) is 5.44. The first kappa shape index (κ1) is 17.1. The van der Waals surface area contributed by atoms with Crippen LogP contribution in [0.5, 0.6) is 0 Å². The number of H-pyrrole nitrogens is 1. The molecule has 0 bridgehead atoms. The van der Waals surface area contributed by atoms with E-state index in [1.807, 2.05) is 0 Å². The molecular weight excluding hydrogens is 349 g/mol. The van der Waals surface area contributed by atoms with Crippen molar-refractivity contribution in [2.45, 2.75) is 17.7 Å². The number of pyridine rings is 1. The molecule has 0 amide bonds. The summed E-state index contributed by atoms with van der Waals surface area (Å²) in [4.78, 5) is 14.5. The molecule has 126 valence electrons. The highest BCUT2D eigenvalue weighted by Crippen LogP contribution is 2.30. The van der Waals surface area contributed by atoms with E-state index in [0.717, 1.165) is 30.0 Å². The monoisotopic (exact) mass is 360 g/mol. The van der Waals surface area contributed by atoms with Crippen molar-refractivity contribution < 1.29 is 13.2 Å². The van der Waals surface area contributed by atoms with Crippen molar-refractivity contribution in [3.05, 3.63) is 74.8 Å². The van der Waals surface area contributed by atoms with Crippen LogP contribution in [0.25, 0.3) is 10.8 Å². The number of halogens is 3. The number of thioether (sulfide) groups is 1. The average molecular weight is 360 g/mol. The third-order valence-electron chi connectivity index (χ3n) is 3.76. The van der Waals surface area contributed by atoms with Crippen LogP contribution in [0, 0.1) is 35.7 Å². The number of aryl methyl sites for hydroxylation is 1. The van der Waals surface area contributed by atoms with Gasteiger partial charge in [-0.25, -0.2) is 13.2 Å². The summed E-state index contributed by atoms with van der Waals surface area (Å²) in [5, 5.41) is 10.1. The molecule has 0 atom stereocenters. The first-order valence-electron chi connectivity index (χ1n) is 7.23. The summed E-state index contributed by atoms with van der Waals surface area (Å²) in [6.45, 7) is 1.46. The van der Waals surface area contributed by atoms with Crippen LogP contribution in [0.2, 0.25) is 0 Å². The lowest BCUT2D eigenvalue weighted by Crippen LogP contribution is -2.12. The molecule has 0 radical (unpaired) electrons. The summed E-state index contributed by atoms with van der Waals surface area (Å²) in [5.41, 5.74) is -0.403. The minimum absolute atomic E-state index is 0.0382. The van der Waals surface area contributed by atoms with Gasteiger partial charge in [-0.15, -0.1) is 11.8 Å². The van der Waals surface area contributed by atoms with Gasteiger partial charge in [0.05, 0.1) is 5.03 Å². The van der Waals surface area contributed by atoms with Crippen molar-refractivity contribution in [1.82, 2.24) is 4.98 Å². The van der Waals surface area contributed by atoms with Crippen LogP contribution in [0.1, 0.15) is 16.7 Å². The molecule has 3 nitrogen and oxygen atoms in total. The van der Waals surface area contributed by atoms with Gasteiger partial charge in [0.15, 0.2) is 0 Å². The van der Waals surface area contributed by atoms with Gasteiger partial charge in [-0.2, -0.15) is 5.26 Å². The predicted molar refractivity (Wildman–Crippen MR) is 89.9 cm³/mol. The van der Waals surface area contributed by atoms with Gasteiger partial charge >= 0.3 is 0 Å². The van der Waals surface area contributed by atoms with Gasteiger partial charge in [-0.3, -0.25) is 4.79 Å². The van der Waals surface area contributed by atoms with Crippen LogP contribution in [0.3, 0.4) is 0 Å². The Bertz CT molecular complexity index is 1090. The summed E-state index contributed by atoms with van der Waals surface area (Å²) in [6.07, 6.45) is 0. The molecule has 0 saturated heterocycles. The standard InChI is InChI=1S/C18H11F3N2OS/c1-9-4-16(21)10(5-15(9)20)8-25-18-13-6-11(19)2-3-12(13)14(7-22)17(24)23-18/h2-6H,8H2,1H3,(H,23,24). The molecule has 0 unspecified atom stereocenters. The lowest BCUT2D eigenvalue weighted by Gasteiger charge is -2.09. The van der Waals surface area contributed by atoms with E-state index in [0.29, 0.717) is 15.8 Å². The van der Waals surface area contributed by atoms with Gasteiger partial charge < -0.3 is 4.98 Å². The number of benzene rings is 2. The maximum Gasteiger partial charge on any atom is 0.267 e. The Morgan fingerprint density at radius 3 is 2.60 bits per heavy atom. The molecule has 0 aliphatic rings. The molecule has 0 fully saturated rings. The lowest BCUT2D eigenvalue weighted by atomic mass is 10.1. The van der Waals surface area contributed by atoms with Gasteiger partial charge in [0.2, 0.25) is 0 Å². The fraction of sp³-hybridized carbons (Fsp3) is 0.111. The number of hydrogen-bond acceptors (Lipinski definition) is 3. The molecule has 0 saturated carbocycles. The van der Waals surface area contributed by atoms with Crippen LogP contribution in [0.15, 0.2) is 40.2 Å². The fourth-order valence-corrected chi connectivity index (χ4v) is 3.46. The molecule has 1 heterocycles. The van der Waals surface area contributed by atoms with Gasteiger partial charge in [0.25, 0.3) is 5.56 Å². The summed E-state index contributed by atoms with van der Waals surface area (Å²) in [5.74, 6) is -1.58. The minimum Gasteiger partial charge on any atom is -0.315 e. The molecule has 7 heteroatoms. The van der Waals surface area contributed by atoms with E-state index < -0.39 is 23.0 Å². The summed E-state index contributed by atoms with van der Waals surface area (Å²) >= 11 is 1.04. The Balaban J connectivity index is 2.05. The number of hydrogen-bond donors (Lipinski definition) is 1. The molecule has 0 spiro atoms. The van der Waals surface area contributed by atoms with Gasteiger partial charge in [-0.1, -0.05) is 0 Å². The molecule has 1 aromatic heterocycles. The third kappa shape index (κ3) is 3.26. The van der Waals surface area contributed by atoms with Gasteiger partial charge in [-0.05, 0) is 42.8 Å². The molecule has 1 N–H and O–H groups in total. The first-order valence-corrected chi connectivity index (χ1v) is 8.22. The third-order valence-corrected chi connectivity index (χ3v) is 4.83. The number of aromatic amines is 1. The van der Waals surface area contributed by atoms with Crippen molar-refractivity contribution in [2.24, 2.45) is 0 Å². The summed E-state index contributed by atoms with van der Waals surface area (Å²) in [6, 6.07) is 7.71. The molecular formula is C18H11F3N2OS. The molecule has 25 heavy (non-hydrogen) atoms. The van der Waals surface area contributed by atoms with Crippen molar-refractivity contribution in [1.29, 1.82) is 5.26 Å². The maximum atomic E-state index is 14.0. The highest BCUT2D eigenvalue weighted by molar-refractivity contribution is 7.98. The number of fused-ring (bicyclic) bond motifs is 1. The number of nitriles is 1. The van der Waals surface area contributed by atoms with Crippen LogP contribution in [-0.4, -0.2) is 4.98 Å². The fourth-order valence-electron chi connectivity index (χ4n) is 2.45. The second kappa shape index (κ2) is 6.65. The molecule has 3 aromatic rings. The number of nitrogens with one attached hydrogen (secondary N) is 1. The molecule has 3 rings (SSSR count). The Kier molecular flexibility index (Phi) is 4.55. The van der Waals surface area contributed by atoms with Gasteiger partial charge in [0.1, 0.15) is 29.1 Å². The Morgan fingerprint density at radius 1 is 1.12 bits per heavy atom. The number of rotatable bonds is 3.